The minimum atomic E-state index is -0.115. The average molecular weight is 384 g/mol. The van der Waals surface area contributed by atoms with E-state index in [-0.39, 0.29) is 17.4 Å². The fourth-order valence-electron chi connectivity index (χ4n) is 4.32. The van der Waals surface area contributed by atoms with Crippen molar-refractivity contribution in [2.24, 2.45) is 5.92 Å². The van der Waals surface area contributed by atoms with Gasteiger partial charge in [0.05, 0.1) is 24.0 Å². The average Bonchev–Trinajstić information content (AvgIpc) is 2.76. The molecule has 3 heterocycles. The lowest BCUT2D eigenvalue weighted by Gasteiger charge is -2.39. The first-order chi connectivity index (χ1) is 13.7. The molecule has 2 aliphatic heterocycles. The Kier molecular flexibility index (Phi) is 6.02. The number of rotatable bonds is 5. The fourth-order valence-corrected chi connectivity index (χ4v) is 4.32. The molecular weight excluding hydrogens is 356 g/mol. The van der Waals surface area contributed by atoms with E-state index in [1.54, 1.807) is 12.3 Å². The van der Waals surface area contributed by atoms with Crippen LogP contribution in [0.1, 0.15) is 25.7 Å². The zero-order chi connectivity index (χ0) is 19.3. The molecule has 0 spiro atoms. The van der Waals surface area contributed by atoms with Gasteiger partial charge in [-0.3, -0.25) is 14.5 Å². The number of ether oxygens (including phenoxy) is 1. The number of hydrogen-bond donors (Lipinski definition) is 1. The number of nitrogens with zero attached hydrogens (tertiary/aromatic N) is 3. The van der Waals surface area contributed by atoms with Crippen LogP contribution in [0.2, 0.25) is 0 Å². The standard InChI is InChI=1S/C21H28N4O3/c26-20(17-5-3-10-24(15-17)18-7-12-28-13-8-18)22-9-11-25-21(27)19-6-2-1-4-16(19)14-23-25/h1-2,4,6,14,17-18H,3,5,7-13,15H2,(H,22,26)/t17-/m0/s1. The highest BCUT2D eigenvalue weighted by Crippen LogP contribution is 2.23. The number of likely N-dealkylation sites (tertiary alicyclic amines) is 1. The molecule has 0 unspecified atom stereocenters. The second kappa shape index (κ2) is 8.84. The third kappa shape index (κ3) is 4.25. The van der Waals surface area contributed by atoms with Gasteiger partial charge in [-0.25, -0.2) is 4.68 Å². The predicted molar refractivity (Wildman–Crippen MR) is 107 cm³/mol. The molecular formula is C21H28N4O3. The van der Waals surface area contributed by atoms with Gasteiger partial charge in [-0.05, 0) is 38.3 Å². The van der Waals surface area contributed by atoms with Crippen molar-refractivity contribution in [1.82, 2.24) is 20.0 Å². The third-order valence-corrected chi connectivity index (χ3v) is 5.92. The van der Waals surface area contributed by atoms with Crippen molar-refractivity contribution in [1.29, 1.82) is 0 Å². The maximum atomic E-state index is 12.6. The van der Waals surface area contributed by atoms with E-state index >= 15 is 0 Å². The van der Waals surface area contributed by atoms with E-state index in [0.717, 1.165) is 57.4 Å². The van der Waals surface area contributed by atoms with E-state index in [0.29, 0.717) is 24.5 Å². The molecule has 1 aromatic heterocycles. The Morgan fingerprint density at radius 1 is 1.21 bits per heavy atom. The minimum Gasteiger partial charge on any atom is -0.381 e. The summed E-state index contributed by atoms with van der Waals surface area (Å²) in [6, 6.07) is 7.97. The maximum Gasteiger partial charge on any atom is 0.274 e. The topological polar surface area (TPSA) is 76.5 Å². The van der Waals surface area contributed by atoms with E-state index in [1.807, 2.05) is 18.2 Å². The summed E-state index contributed by atoms with van der Waals surface area (Å²) in [5, 5.41) is 8.72. The lowest BCUT2D eigenvalue weighted by atomic mass is 9.94. The molecule has 1 N–H and O–H groups in total. The molecule has 2 fully saturated rings. The molecule has 0 bridgehead atoms. The Labute approximate surface area is 164 Å². The molecule has 1 amide bonds. The molecule has 150 valence electrons. The summed E-state index contributed by atoms with van der Waals surface area (Å²) in [5.74, 6) is 0.114. The molecule has 2 saturated heterocycles. The van der Waals surface area contributed by atoms with Crippen LogP contribution in [-0.2, 0) is 16.1 Å². The van der Waals surface area contributed by atoms with Gasteiger partial charge < -0.3 is 10.1 Å². The molecule has 7 nitrogen and oxygen atoms in total. The molecule has 1 atom stereocenters. The van der Waals surface area contributed by atoms with Crippen LogP contribution in [0.5, 0.6) is 0 Å². The first kappa shape index (κ1) is 19.1. The van der Waals surface area contributed by atoms with E-state index < -0.39 is 0 Å². The van der Waals surface area contributed by atoms with Gasteiger partial charge in [0.15, 0.2) is 0 Å². The van der Waals surface area contributed by atoms with Gasteiger partial charge in [-0.2, -0.15) is 5.10 Å². The number of fused-ring (bicyclic) bond motifs is 1. The maximum absolute atomic E-state index is 12.6. The summed E-state index contributed by atoms with van der Waals surface area (Å²) >= 11 is 0. The SMILES string of the molecule is O=C(NCCn1ncc2ccccc2c1=O)[C@H]1CCCN(C2CCOCC2)C1. The minimum absolute atomic E-state index is 0.0258. The van der Waals surface area contributed by atoms with Crippen LogP contribution in [0.3, 0.4) is 0 Å². The Morgan fingerprint density at radius 3 is 2.89 bits per heavy atom. The van der Waals surface area contributed by atoms with Gasteiger partial charge >= 0.3 is 0 Å². The number of piperidine rings is 1. The van der Waals surface area contributed by atoms with Gasteiger partial charge in [0.2, 0.25) is 5.91 Å². The van der Waals surface area contributed by atoms with Crippen molar-refractivity contribution in [3.63, 3.8) is 0 Å². The third-order valence-electron chi connectivity index (χ3n) is 5.92. The number of aromatic nitrogens is 2. The highest BCUT2D eigenvalue weighted by Gasteiger charge is 2.30. The van der Waals surface area contributed by atoms with Crippen molar-refractivity contribution in [2.45, 2.75) is 38.3 Å². The van der Waals surface area contributed by atoms with Crippen LogP contribution in [0.25, 0.3) is 10.8 Å². The zero-order valence-corrected chi connectivity index (χ0v) is 16.2. The Bertz CT molecular complexity index is 875. The van der Waals surface area contributed by atoms with Crippen LogP contribution >= 0.6 is 0 Å². The van der Waals surface area contributed by atoms with Crippen LogP contribution in [0.4, 0.5) is 0 Å². The quantitative estimate of drug-likeness (QED) is 0.843. The van der Waals surface area contributed by atoms with Gasteiger partial charge in [-0.1, -0.05) is 18.2 Å². The van der Waals surface area contributed by atoms with Gasteiger partial charge in [0.25, 0.3) is 5.56 Å². The van der Waals surface area contributed by atoms with Crippen LogP contribution in [0, 0.1) is 5.92 Å². The number of carbonyl (C=O) groups is 1. The summed E-state index contributed by atoms with van der Waals surface area (Å²) in [4.78, 5) is 27.6. The Balaban J connectivity index is 1.30. The highest BCUT2D eigenvalue weighted by molar-refractivity contribution is 5.80. The molecule has 0 radical (unpaired) electrons. The molecule has 2 aromatic rings. The fraction of sp³-hybridized carbons (Fsp3) is 0.571. The van der Waals surface area contributed by atoms with Crippen molar-refractivity contribution in [2.75, 3.05) is 32.8 Å². The van der Waals surface area contributed by atoms with E-state index in [2.05, 4.69) is 15.3 Å². The summed E-state index contributed by atoms with van der Waals surface area (Å²) in [5.41, 5.74) is -0.115. The number of hydrogen-bond acceptors (Lipinski definition) is 5. The number of amides is 1. The molecule has 0 saturated carbocycles. The van der Waals surface area contributed by atoms with Gasteiger partial charge in [0.1, 0.15) is 0 Å². The van der Waals surface area contributed by atoms with E-state index in [1.165, 1.54) is 4.68 Å². The molecule has 0 aliphatic carbocycles. The summed E-state index contributed by atoms with van der Waals surface area (Å²) in [6.45, 7) is 4.34. The molecule has 28 heavy (non-hydrogen) atoms. The monoisotopic (exact) mass is 384 g/mol. The largest absolute Gasteiger partial charge is 0.381 e. The number of nitrogens with one attached hydrogen (secondary N) is 1. The molecule has 4 rings (SSSR count). The second-order valence-corrected chi connectivity index (χ2v) is 7.73. The van der Waals surface area contributed by atoms with Crippen LogP contribution in [0.15, 0.2) is 35.3 Å². The summed E-state index contributed by atoms with van der Waals surface area (Å²) in [7, 11) is 0. The first-order valence-electron chi connectivity index (χ1n) is 10.3. The second-order valence-electron chi connectivity index (χ2n) is 7.73. The lowest BCUT2D eigenvalue weighted by Crippen LogP contribution is -2.49. The molecule has 7 heteroatoms. The van der Waals surface area contributed by atoms with Crippen LogP contribution < -0.4 is 10.9 Å². The normalized spacial score (nSPS) is 21.6. The lowest BCUT2D eigenvalue weighted by molar-refractivity contribution is -0.127. The van der Waals surface area contributed by atoms with Crippen molar-refractivity contribution in [3.05, 3.63) is 40.8 Å². The molecule has 2 aliphatic rings. The van der Waals surface area contributed by atoms with Crippen molar-refractivity contribution in [3.8, 4) is 0 Å². The Hall–Kier alpha value is -2.25. The Morgan fingerprint density at radius 2 is 2.04 bits per heavy atom. The van der Waals surface area contributed by atoms with Gasteiger partial charge in [0, 0.05) is 37.7 Å². The zero-order valence-electron chi connectivity index (χ0n) is 16.2. The van der Waals surface area contributed by atoms with Crippen LogP contribution in [-0.4, -0.2) is 59.5 Å². The summed E-state index contributed by atoms with van der Waals surface area (Å²) in [6.07, 6.45) is 5.81. The predicted octanol–water partition coefficient (Wildman–Crippen LogP) is 1.40. The smallest absolute Gasteiger partial charge is 0.274 e. The van der Waals surface area contributed by atoms with Crippen molar-refractivity contribution >= 4 is 16.7 Å². The number of benzene rings is 1. The summed E-state index contributed by atoms with van der Waals surface area (Å²) < 4.78 is 6.89. The van der Waals surface area contributed by atoms with Gasteiger partial charge in [-0.15, -0.1) is 0 Å². The molecule has 1 aromatic carbocycles. The van der Waals surface area contributed by atoms with Crippen molar-refractivity contribution < 1.29 is 9.53 Å². The van der Waals surface area contributed by atoms with E-state index in [4.69, 9.17) is 4.74 Å². The van der Waals surface area contributed by atoms with E-state index in [9.17, 15) is 9.59 Å². The highest BCUT2D eigenvalue weighted by atomic mass is 16.5. The first-order valence-corrected chi connectivity index (χ1v) is 10.3. The number of carbonyl (C=O) groups excluding carboxylic acids is 1.